The van der Waals surface area contributed by atoms with Gasteiger partial charge in [-0.3, -0.25) is 14.5 Å². The molecule has 0 aliphatic carbocycles. The molecule has 1 aliphatic heterocycles. The van der Waals surface area contributed by atoms with Crippen LogP contribution < -0.4 is 0 Å². The summed E-state index contributed by atoms with van der Waals surface area (Å²) in [6.45, 7) is 1.99. The predicted octanol–water partition coefficient (Wildman–Crippen LogP) is 3.65. The summed E-state index contributed by atoms with van der Waals surface area (Å²) in [5.74, 6) is -1.34. The zero-order chi connectivity index (χ0) is 16.6. The number of imide groups is 1. The molecule has 3 rings (SSSR count). The van der Waals surface area contributed by atoms with Crippen molar-refractivity contribution in [3.05, 3.63) is 76.1 Å². The van der Waals surface area contributed by atoms with Gasteiger partial charge in [0, 0.05) is 0 Å². The van der Waals surface area contributed by atoms with E-state index in [4.69, 9.17) is 11.6 Å². The molecule has 0 saturated heterocycles. The minimum absolute atomic E-state index is 0.0591. The smallest absolute Gasteiger partial charge is 0.269 e. The number of hydrogen-bond acceptors (Lipinski definition) is 2. The monoisotopic (exact) mass is 329 g/mol. The molecule has 0 fully saturated rings. The molecule has 0 atom stereocenters. The van der Waals surface area contributed by atoms with E-state index in [0.717, 1.165) is 10.5 Å². The highest BCUT2D eigenvalue weighted by Gasteiger charge is 2.37. The van der Waals surface area contributed by atoms with E-state index in [1.807, 2.05) is 19.1 Å². The second kappa shape index (κ2) is 5.97. The molecule has 0 N–H and O–H groups in total. The van der Waals surface area contributed by atoms with Crippen molar-refractivity contribution < 1.29 is 14.0 Å². The van der Waals surface area contributed by atoms with Crippen molar-refractivity contribution in [3.63, 3.8) is 0 Å². The molecular formula is C18H13ClFNO2. The lowest BCUT2D eigenvalue weighted by molar-refractivity contribution is -0.137. The number of hydrogen-bond donors (Lipinski definition) is 0. The van der Waals surface area contributed by atoms with Crippen LogP contribution in [0.4, 0.5) is 4.39 Å². The van der Waals surface area contributed by atoms with Crippen LogP contribution in [-0.2, 0) is 16.1 Å². The first-order chi connectivity index (χ1) is 11.0. The molecule has 1 heterocycles. The number of halogens is 2. The van der Waals surface area contributed by atoms with Crippen LogP contribution >= 0.6 is 11.6 Å². The molecule has 116 valence electrons. The van der Waals surface area contributed by atoms with Crippen LogP contribution in [-0.4, -0.2) is 16.7 Å². The summed E-state index contributed by atoms with van der Waals surface area (Å²) in [6, 6.07) is 12.9. The summed E-state index contributed by atoms with van der Waals surface area (Å²) in [6.07, 6.45) is 0. The third kappa shape index (κ3) is 2.90. The van der Waals surface area contributed by atoms with Crippen LogP contribution in [0.15, 0.2) is 53.6 Å². The largest absolute Gasteiger partial charge is 0.273 e. The Hall–Kier alpha value is -2.46. The Morgan fingerprint density at radius 3 is 2.17 bits per heavy atom. The number of carbonyl (C=O) groups excluding carboxylic acids is 2. The maximum absolute atomic E-state index is 13.0. The van der Waals surface area contributed by atoms with Gasteiger partial charge in [0.15, 0.2) is 0 Å². The maximum atomic E-state index is 13.0. The van der Waals surface area contributed by atoms with Gasteiger partial charge in [-0.15, -0.1) is 0 Å². The summed E-state index contributed by atoms with van der Waals surface area (Å²) in [5, 5.41) is -0.0824. The average molecular weight is 330 g/mol. The van der Waals surface area contributed by atoms with E-state index in [-0.39, 0.29) is 23.0 Å². The second-order valence-electron chi connectivity index (χ2n) is 5.38. The minimum atomic E-state index is -0.531. The van der Waals surface area contributed by atoms with Gasteiger partial charge >= 0.3 is 0 Å². The highest BCUT2D eigenvalue weighted by atomic mass is 35.5. The summed E-state index contributed by atoms with van der Waals surface area (Å²) in [5.41, 5.74) is 2.52. The standard InChI is InChI=1S/C18H13ClFNO2/c1-11-2-6-13(7-3-11)15-16(19)18(23)21(17(15)22)10-12-4-8-14(20)9-5-12/h2-9H,10H2,1H3. The van der Waals surface area contributed by atoms with Crippen LogP contribution in [0.3, 0.4) is 0 Å². The second-order valence-corrected chi connectivity index (χ2v) is 5.76. The lowest BCUT2D eigenvalue weighted by Gasteiger charge is -2.15. The molecule has 2 aromatic rings. The SMILES string of the molecule is Cc1ccc(C2=C(Cl)C(=O)N(Cc3ccc(F)cc3)C2=O)cc1. The highest BCUT2D eigenvalue weighted by Crippen LogP contribution is 2.32. The van der Waals surface area contributed by atoms with Crippen LogP contribution in [0, 0.1) is 12.7 Å². The number of aryl methyl sites for hydroxylation is 1. The Bertz CT molecular complexity index is 810. The molecule has 5 heteroatoms. The van der Waals surface area contributed by atoms with Crippen molar-refractivity contribution in [2.24, 2.45) is 0 Å². The Balaban J connectivity index is 1.89. The van der Waals surface area contributed by atoms with Gasteiger partial charge < -0.3 is 0 Å². The third-order valence-electron chi connectivity index (χ3n) is 3.71. The Morgan fingerprint density at radius 1 is 0.957 bits per heavy atom. The van der Waals surface area contributed by atoms with Gasteiger partial charge in [0.05, 0.1) is 12.1 Å². The molecule has 0 radical (unpaired) electrons. The summed E-state index contributed by atoms with van der Waals surface area (Å²) in [7, 11) is 0. The fourth-order valence-corrected chi connectivity index (χ4v) is 2.72. The van der Waals surface area contributed by atoms with E-state index in [1.54, 1.807) is 12.1 Å². The average Bonchev–Trinajstić information content (AvgIpc) is 2.74. The molecule has 2 amide bonds. The molecule has 0 unspecified atom stereocenters. The zero-order valence-electron chi connectivity index (χ0n) is 12.3. The first-order valence-corrected chi connectivity index (χ1v) is 7.42. The van der Waals surface area contributed by atoms with Crippen LogP contribution in [0.5, 0.6) is 0 Å². The summed E-state index contributed by atoms with van der Waals surface area (Å²) >= 11 is 6.09. The quantitative estimate of drug-likeness (QED) is 0.806. The molecular weight excluding hydrogens is 317 g/mol. The first kappa shape index (κ1) is 15.4. The third-order valence-corrected chi connectivity index (χ3v) is 4.06. The number of carbonyl (C=O) groups is 2. The minimum Gasteiger partial charge on any atom is -0.269 e. The molecule has 0 saturated carbocycles. The molecule has 0 aromatic heterocycles. The van der Waals surface area contributed by atoms with E-state index < -0.39 is 11.8 Å². The van der Waals surface area contributed by atoms with E-state index in [0.29, 0.717) is 11.1 Å². The van der Waals surface area contributed by atoms with Crippen molar-refractivity contribution in [3.8, 4) is 0 Å². The molecule has 23 heavy (non-hydrogen) atoms. The van der Waals surface area contributed by atoms with Crippen LogP contribution in [0.25, 0.3) is 5.57 Å². The van der Waals surface area contributed by atoms with Crippen molar-refractivity contribution in [2.45, 2.75) is 13.5 Å². The molecule has 3 nitrogen and oxygen atoms in total. The fraction of sp³-hybridized carbons (Fsp3) is 0.111. The fourth-order valence-electron chi connectivity index (χ4n) is 2.43. The summed E-state index contributed by atoms with van der Waals surface area (Å²) in [4.78, 5) is 25.9. The highest BCUT2D eigenvalue weighted by molar-refractivity contribution is 6.55. The number of benzene rings is 2. The van der Waals surface area contributed by atoms with Crippen molar-refractivity contribution in [1.82, 2.24) is 4.90 Å². The normalized spacial score (nSPS) is 14.8. The van der Waals surface area contributed by atoms with Gasteiger partial charge in [-0.05, 0) is 30.2 Å². The summed E-state index contributed by atoms with van der Waals surface area (Å²) < 4.78 is 13.0. The Labute approximate surface area is 138 Å². The predicted molar refractivity (Wildman–Crippen MR) is 85.9 cm³/mol. The lowest BCUT2D eigenvalue weighted by Crippen LogP contribution is -2.30. The van der Waals surface area contributed by atoms with E-state index in [9.17, 15) is 14.0 Å². The number of rotatable bonds is 3. The van der Waals surface area contributed by atoms with E-state index >= 15 is 0 Å². The van der Waals surface area contributed by atoms with Gasteiger partial charge in [-0.25, -0.2) is 4.39 Å². The van der Waals surface area contributed by atoms with Gasteiger partial charge in [0.2, 0.25) is 0 Å². The van der Waals surface area contributed by atoms with Gasteiger partial charge in [-0.1, -0.05) is 53.6 Å². The maximum Gasteiger partial charge on any atom is 0.273 e. The van der Waals surface area contributed by atoms with Crippen molar-refractivity contribution >= 4 is 29.0 Å². The number of nitrogens with zero attached hydrogens (tertiary/aromatic N) is 1. The molecule has 0 spiro atoms. The topological polar surface area (TPSA) is 37.4 Å². The van der Waals surface area contributed by atoms with Gasteiger partial charge in [-0.2, -0.15) is 0 Å². The first-order valence-electron chi connectivity index (χ1n) is 7.05. The van der Waals surface area contributed by atoms with Crippen LogP contribution in [0.1, 0.15) is 16.7 Å². The Kier molecular flexibility index (Phi) is 4.01. The molecule has 2 aromatic carbocycles. The zero-order valence-corrected chi connectivity index (χ0v) is 13.1. The van der Waals surface area contributed by atoms with E-state index in [1.165, 1.54) is 24.3 Å². The molecule has 0 bridgehead atoms. The van der Waals surface area contributed by atoms with E-state index in [2.05, 4.69) is 0 Å². The molecule has 1 aliphatic rings. The van der Waals surface area contributed by atoms with Crippen molar-refractivity contribution in [1.29, 1.82) is 0 Å². The van der Waals surface area contributed by atoms with Crippen molar-refractivity contribution in [2.75, 3.05) is 0 Å². The van der Waals surface area contributed by atoms with Crippen LogP contribution in [0.2, 0.25) is 0 Å². The number of amides is 2. The lowest BCUT2D eigenvalue weighted by atomic mass is 10.0. The van der Waals surface area contributed by atoms with Gasteiger partial charge in [0.1, 0.15) is 10.8 Å². The van der Waals surface area contributed by atoms with Gasteiger partial charge in [0.25, 0.3) is 11.8 Å². The Morgan fingerprint density at radius 2 is 1.57 bits per heavy atom.